The van der Waals surface area contributed by atoms with E-state index >= 15 is 0 Å². The van der Waals surface area contributed by atoms with E-state index < -0.39 is 10.0 Å². The highest BCUT2D eigenvalue weighted by molar-refractivity contribution is 7.89. The topological polar surface area (TPSA) is 46.6 Å². The van der Waals surface area contributed by atoms with Gasteiger partial charge in [-0.1, -0.05) is 31.2 Å². The minimum absolute atomic E-state index is 0.381. The summed E-state index contributed by atoms with van der Waals surface area (Å²) in [6, 6.07) is 11.0. The van der Waals surface area contributed by atoms with Crippen LogP contribution in [0.25, 0.3) is 10.8 Å². The maximum Gasteiger partial charge on any atom is 0.243 e. The first-order valence-corrected chi connectivity index (χ1v) is 9.62. The maximum absolute atomic E-state index is 13.1. The molecule has 1 aliphatic rings. The molecule has 0 aliphatic carbocycles. The summed E-state index contributed by atoms with van der Waals surface area (Å²) in [6.07, 6.45) is 1.85. The van der Waals surface area contributed by atoms with E-state index in [-0.39, 0.29) is 0 Å². The zero-order chi connectivity index (χ0) is 16.4. The van der Waals surface area contributed by atoms with E-state index in [1.54, 1.807) is 16.4 Å². The highest BCUT2D eigenvalue weighted by Gasteiger charge is 2.29. The normalized spacial score (nSPS) is 17.5. The molecule has 0 aromatic heterocycles. The molecule has 1 fully saturated rings. The van der Waals surface area contributed by atoms with Crippen LogP contribution in [0.4, 0.5) is 0 Å². The number of fused-ring (bicyclic) bond motifs is 1. The average Bonchev–Trinajstić information content (AvgIpc) is 2.55. The maximum atomic E-state index is 13.1. The highest BCUT2D eigenvalue weighted by Crippen LogP contribution is 2.33. The van der Waals surface area contributed by atoms with E-state index in [0.29, 0.717) is 30.5 Å². The fourth-order valence-electron chi connectivity index (χ4n) is 3.11. The fourth-order valence-corrected chi connectivity index (χ4v) is 4.78. The summed E-state index contributed by atoms with van der Waals surface area (Å²) in [5.74, 6) is 1.33. The van der Waals surface area contributed by atoms with E-state index in [1.807, 2.05) is 31.2 Å². The molecule has 0 spiro atoms. The lowest BCUT2D eigenvalue weighted by Crippen LogP contribution is -2.37. The van der Waals surface area contributed by atoms with Gasteiger partial charge in [-0.05, 0) is 37.8 Å². The summed E-state index contributed by atoms with van der Waals surface area (Å²) in [4.78, 5) is 0.381. The standard InChI is InChI=1S/C18H23NO3S/c1-3-22-17-8-9-18(16-7-5-4-6-15(16)17)23(20,21)19-12-10-14(2)11-13-19/h4-9,14H,3,10-13H2,1-2H3. The monoisotopic (exact) mass is 333 g/mol. The van der Waals surface area contributed by atoms with Crippen molar-refractivity contribution in [3.05, 3.63) is 36.4 Å². The van der Waals surface area contributed by atoms with Crippen LogP contribution in [0.1, 0.15) is 26.7 Å². The lowest BCUT2D eigenvalue weighted by atomic mass is 10.0. The Labute approximate surface area is 138 Å². The quantitative estimate of drug-likeness (QED) is 0.858. The van der Waals surface area contributed by atoms with Gasteiger partial charge in [-0.15, -0.1) is 0 Å². The summed E-state index contributed by atoms with van der Waals surface area (Å²) >= 11 is 0. The molecule has 0 radical (unpaired) electrons. The van der Waals surface area contributed by atoms with Gasteiger partial charge in [0.2, 0.25) is 10.0 Å². The molecular formula is C18H23NO3S. The molecule has 0 N–H and O–H groups in total. The first-order valence-electron chi connectivity index (χ1n) is 8.18. The van der Waals surface area contributed by atoms with E-state index in [1.165, 1.54) is 0 Å². The minimum Gasteiger partial charge on any atom is -0.493 e. The van der Waals surface area contributed by atoms with Gasteiger partial charge in [-0.25, -0.2) is 8.42 Å². The summed E-state index contributed by atoms with van der Waals surface area (Å²) in [5, 5.41) is 1.58. The van der Waals surface area contributed by atoms with Gasteiger partial charge in [0.15, 0.2) is 0 Å². The number of hydrogen-bond acceptors (Lipinski definition) is 3. The van der Waals surface area contributed by atoms with E-state index in [2.05, 4.69) is 6.92 Å². The van der Waals surface area contributed by atoms with E-state index in [4.69, 9.17) is 4.74 Å². The van der Waals surface area contributed by atoms with Gasteiger partial charge in [0.25, 0.3) is 0 Å². The SMILES string of the molecule is CCOc1ccc(S(=O)(=O)N2CCC(C)CC2)c2ccccc12. The summed E-state index contributed by atoms with van der Waals surface area (Å²) in [6.45, 7) is 5.86. The molecule has 0 atom stereocenters. The molecule has 2 aromatic carbocycles. The number of nitrogens with zero attached hydrogens (tertiary/aromatic N) is 1. The van der Waals surface area contributed by atoms with Crippen LogP contribution >= 0.6 is 0 Å². The molecule has 124 valence electrons. The summed E-state index contributed by atoms with van der Waals surface area (Å²) in [5.41, 5.74) is 0. The molecular weight excluding hydrogens is 310 g/mol. The van der Waals surface area contributed by atoms with Crippen molar-refractivity contribution in [3.63, 3.8) is 0 Å². The van der Waals surface area contributed by atoms with Gasteiger partial charge < -0.3 is 4.74 Å². The molecule has 0 unspecified atom stereocenters. The number of sulfonamides is 1. The Balaban J connectivity index is 2.07. The molecule has 2 aromatic rings. The van der Waals surface area contributed by atoms with Crippen molar-refractivity contribution in [2.24, 2.45) is 5.92 Å². The third-order valence-electron chi connectivity index (χ3n) is 4.50. The van der Waals surface area contributed by atoms with Gasteiger partial charge in [0, 0.05) is 23.9 Å². The van der Waals surface area contributed by atoms with Crippen LogP contribution in [0, 0.1) is 5.92 Å². The van der Waals surface area contributed by atoms with Crippen molar-refractivity contribution in [1.82, 2.24) is 4.31 Å². The molecule has 23 heavy (non-hydrogen) atoms. The van der Waals surface area contributed by atoms with Crippen molar-refractivity contribution in [3.8, 4) is 5.75 Å². The van der Waals surface area contributed by atoms with Crippen molar-refractivity contribution < 1.29 is 13.2 Å². The summed E-state index contributed by atoms with van der Waals surface area (Å²) in [7, 11) is -3.47. The smallest absolute Gasteiger partial charge is 0.243 e. The lowest BCUT2D eigenvalue weighted by molar-refractivity contribution is 0.288. The fraction of sp³-hybridized carbons (Fsp3) is 0.444. The molecule has 0 amide bonds. The third kappa shape index (κ3) is 3.08. The van der Waals surface area contributed by atoms with Crippen LogP contribution in [0.15, 0.2) is 41.3 Å². The molecule has 3 rings (SSSR count). The third-order valence-corrected chi connectivity index (χ3v) is 6.46. The zero-order valence-electron chi connectivity index (χ0n) is 13.7. The van der Waals surface area contributed by atoms with Gasteiger partial charge >= 0.3 is 0 Å². The van der Waals surface area contributed by atoms with Crippen LogP contribution in [-0.2, 0) is 10.0 Å². The first kappa shape index (κ1) is 16.3. The second-order valence-electron chi connectivity index (χ2n) is 6.13. The predicted octanol–water partition coefficient (Wildman–Crippen LogP) is 3.66. The summed E-state index contributed by atoms with van der Waals surface area (Å²) < 4.78 is 33.4. The molecule has 0 saturated carbocycles. The van der Waals surface area contributed by atoms with Gasteiger partial charge in [-0.3, -0.25) is 0 Å². The molecule has 1 aliphatic heterocycles. The Hall–Kier alpha value is -1.59. The molecule has 4 nitrogen and oxygen atoms in total. The Kier molecular flexibility index (Phi) is 4.60. The van der Waals surface area contributed by atoms with Gasteiger partial charge in [0.05, 0.1) is 11.5 Å². The molecule has 0 bridgehead atoms. The highest BCUT2D eigenvalue weighted by atomic mass is 32.2. The minimum atomic E-state index is -3.47. The van der Waals surface area contributed by atoms with Crippen molar-refractivity contribution in [2.75, 3.05) is 19.7 Å². The number of piperidine rings is 1. The van der Waals surface area contributed by atoms with Crippen LogP contribution < -0.4 is 4.74 Å². The largest absolute Gasteiger partial charge is 0.493 e. The Morgan fingerprint density at radius 2 is 1.74 bits per heavy atom. The molecule has 1 saturated heterocycles. The van der Waals surface area contributed by atoms with Crippen LogP contribution in [0.3, 0.4) is 0 Å². The van der Waals surface area contributed by atoms with E-state index in [9.17, 15) is 8.42 Å². The predicted molar refractivity (Wildman–Crippen MR) is 92.3 cm³/mol. The zero-order valence-corrected chi connectivity index (χ0v) is 14.5. The second-order valence-corrected chi connectivity index (χ2v) is 8.03. The first-order chi connectivity index (χ1) is 11.0. The van der Waals surface area contributed by atoms with Crippen LogP contribution in [0.5, 0.6) is 5.75 Å². The number of benzene rings is 2. The van der Waals surface area contributed by atoms with Crippen molar-refractivity contribution in [1.29, 1.82) is 0 Å². The van der Waals surface area contributed by atoms with Crippen LogP contribution in [-0.4, -0.2) is 32.4 Å². The van der Waals surface area contributed by atoms with E-state index in [0.717, 1.165) is 29.4 Å². The molecule has 5 heteroatoms. The Morgan fingerprint density at radius 3 is 2.39 bits per heavy atom. The second kappa shape index (κ2) is 6.49. The average molecular weight is 333 g/mol. The Bertz CT molecular complexity index is 793. The lowest BCUT2D eigenvalue weighted by Gasteiger charge is -2.29. The van der Waals surface area contributed by atoms with Gasteiger partial charge in [0.1, 0.15) is 5.75 Å². The number of hydrogen-bond donors (Lipinski definition) is 0. The van der Waals surface area contributed by atoms with Gasteiger partial charge in [-0.2, -0.15) is 4.31 Å². The Morgan fingerprint density at radius 1 is 1.09 bits per heavy atom. The number of rotatable bonds is 4. The van der Waals surface area contributed by atoms with Crippen molar-refractivity contribution >= 4 is 20.8 Å². The van der Waals surface area contributed by atoms with Crippen molar-refractivity contribution in [2.45, 2.75) is 31.6 Å². The number of ether oxygens (including phenoxy) is 1. The molecule has 1 heterocycles. The van der Waals surface area contributed by atoms with Crippen LogP contribution in [0.2, 0.25) is 0 Å².